The van der Waals surface area contributed by atoms with Crippen molar-refractivity contribution in [2.45, 2.75) is 31.8 Å². The van der Waals surface area contributed by atoms with Crippen molar-refractivity contribution in [1.82, 2.24) is 19.7 Å². The quantitative estimate of drug-likeness (QED) is 0.845. The van der Waals surface area contributed by atoms with Gasteiger partial charge in [-0.1, -0.05) is 0 Å². The Kier molecular flexibility index (Phi) is 2.48. The lowest BCUT2D eigenvalue weighted by atomic mass is 10.1. The highest BCUT2D eigenvalue weighted by molar-refractivity contribution is 7.11. The van der Waals surface area contributed by atoms with Crippen molar-refractivity contribution in [2.75, 3.05) is 13.1 Å². The Balaban J connectivity index is 1.37. The number of nitrogens with zero attached hydrogens (tertiary/aromatic N) is 4. The molecule has 1 fully saturated rings. The second-order valence-corrected chi connectivity index (χ2v) is 6.33. The summed E-state index contributed by atoms with van der Waals surface area (Å²) >= 11 is 1.92. The molecule has 2 aromatic heterocycles. The van der Waals surface area contributed by atoms with Crippen LogP contribution in [0.1, 0.15) is 28.0 Å². The zero-order chi connectivity index (χ0) is 11.9. The number of hydrogen-bond donors (Lipinski definition) is 0. The molecule has 18 heavy (non-hydrogen) atoms. The van der Waals surface area contributed by atoms with E-state index in [0.29, 0.717) is 6.04 Å². The van der Waals surface area contributed by atoms with Gasteiger partial charge in [0, 0.05) is 30.4 Å². The number of thiazole rings is 1. The summed E-state index contributed by atoms with van der Waals surface area (Å²) in [7, 11) is 0. The SMILES string of the molecule is c1cnn(C2CN(Cc3nc4c(s3)CCC4)C2)c1. The third kappa shape index (κ3) is 1.78. The first-order chi connectivity index (χ1) is 8.88. The van der Waals surface area contributed by atoms with Crippen LogP contribution < -0.4 is 0 Å². The summed E-state index contributed by atoms with van der Waals surface area (Å²) in [6.07, 6.45) is 7.66. The molecule has 4 nitrogen and oxygen atoms in total. The van der Waals surface area contributed by atoms with Gasteiger partial charge in [0.1, 0.15) is 5.01 Å². The van der Waals surface area contributed by atoms with Gasteiger partial charge in [-0.15, -0.1) is 11.3 Å². The van der Waals surface area contributed by atoms with Crippen LogP contribution in [0.4, 0.5) is 0 Å². The molecule has 0 unspecified atom stereocenters. The van der Waals surface area contributed by atoms with E-state index in [1.54, 1.807) is 0 Å². The van der Waals surface area contributed by atoms with Crippen LogP contribution in [0.25, 0.3) is 0 Å². The number of aromatic nitrogens is 3. The molecule has 4 rings (SSSR count). The van der Waals surface area contributed by atoms with Crippen LogP contribution in [0.3, 0.4) is 0 Å². The molecular formula is C13H16N4S. The smallest absolute Gasteiger partial charge is 0.107 e. The first-order valence-electron chi connectivity index (χ1n) is 6.57. The Bertz CT molecular complexity index is 518. The van der Waals surface area contributed by atoms with Gasteiger partial charge >= 0.3 is 0 Å². The number of likely N-dealkylation sites (tertiary alicyclic amines) is 1. The number of fused-ring (bicyclic) bond motifs is 1. The number of aryl methyl sites for hydroxylation is 2. The summed E-state index contributed by atoms with van der Waals surface area (Å²) < 4.78 is 2.07. The summed E-state index contributed by atoms with van der Waals surface area (Å²) in [5, 5.41) is 5.60. The van der Waals surface area contributed by atoms with Gasteiger partial charge in [0.25, 0.3) is 0 Å². The van der Waals surface area contributed by atoms with Crippen LogP contribution in [0.5, 0.6) is 0 Å². The van der Waals surface area contributed by atoms with Gasteiger partial charge < -0.3 is 0 Å². The zero-order valence-corrected chi connectivity index (χ0v) is 11.1. The van der Waals surface area contributed by atoms with Crippen molar-refractivity contribution in [3.05, 3.63) is 34.0 Å². The molecule has 1 aliphatic carbocycles. The zero-order valence-electron chi connectivity index (χ0n) is 10.2. The van der Waals surface area contributed by atoms with Crippen molar-refractivity contribution >= 4 is 11.3 Å². The minimum absolute atomic E-state index is 0.562. The molecule has 2 aliphatic rings. The van der Waals surface area contributed by atoms with E-state index in [1.165, 1.54) is 34.8 Å². The fourth-order valence-corrected chi connectivity index (χ4v) is 4.04. The summed E-state index contributed by atoms with van der Waals surface area (Å²) in [5.41, 5.74) is 1.37. The van der Waals surface area contributed by atoms with Crippen LogP contribution >= 0.6 is 11.3 Å². The molecule has 0 bridgehead atoms. The average molecular weight is 260 g/mol. The topological polar surface area (TPSA) is 34.0 Å². The lowest BCUT2D eigenvalue weighted by Crippen LogP contribution is -2.47. The van der Waals surface area contributed by atoms with Crippen molar-refractivity contribution in [2.24, 2.45) is 0 Å². The molecule has 0 atom stereocenters. The maximum absolute atomic E-state index is 4.75. The van der Waals surface area contributed by atoms with E-state index in [9.17, 15) is 0 Å². The van der Waals surface area contributed by atoms with Crippen LogP contribution in [-0.4, -0.2) is 32.8 Å². The van der Waals surface area contributed by atoms with E-state index in [4.69, 9.17) is 4.98 Å². The van der Waals surface area contributed by atoms with E-state index in [2.05, 4.69) is 20.9 Å². The predicted octanol–water partition coefficient (Wildman–Crippen LogP) is 1.89. The first kappa shape index (κ1) is 10.7. The van der Waals surface area contributed by atoms with Gasteiger partial charge in [0.15, 0.2) is 0 Å². The highest BCUT2D eigenvalue weighted by Crippen LogP contribution is 2.30. The molecule has 0 amide bonds. The molecule has 1 aliphatic heterocycles. The molecule has 0 N–H and O–H groups in total. The maximum Gasteiger partial charge on any atom is 0.107 e. The molecule has 3 heterocycles. The third-order valence-electron chi connectivity index (χ3n) is 3.84. The van der Waals surface area contributed by atoms with Gasteiger partial charge in [-0.2, -0.15) is 5.10 Å². The molecule has 2 aromatic rings. The van der Waals surface area contributed by atoms with Crippen molar-refractivity contribution in [3.63, 3.8) is 0 Å². The fourth-order valence-electron chi connectivity index (χ4n) is 2.84. The maximum atomic E-state index is 4.75. The molecule has 5 heteroatoms. The molecule has 1 saturated heterocycles. The highest BCUT2D eigenvalue weighted by atomic mass is 32.1. The number of rotatable bonds is 3. The lowest BCUT2D eigenvalue weighted by molar-refractivity contribution is 0.0908. The van der Waals surface area contributed by atoms with Crippen LogP contribution in [-0.2, 0) is 19.4 Å². The summed E-state index contributed by atoms with van der Waals surface area (Å²) in [4.78, 5) is 8.75. The van der Waals surface area contributed by atoms with E-state index in [0.717, 1.165) is 19.6 Å². The van der Waals surface area contributed by atoms with E-state index in [-0.39, 0.29) is 0 Å². The van der Waals surface area contributed by atoms with E-state index in [1.807, 2.05) is 23.6 Å². The first-order valence-corrected chi connectivity index (χ1v) is 7.39. The van der Waals surface area contributed by atoms with Gasteiger partial charge in [-0.3, -0.25) is 9.58 Å². The second kappa shape index (κ2) is 4.17. The minimum atomic E-state index is 0.562. The normalized spacial score (nSPS) is 20.0. The van der Waals surface area contributed by atoms with Gasteiger partial charge in [-0.25, -0.2) is 4.98 Å². The molecule has 0 aromatic carbocycles. The van der Waals surface area contributed by atoms with Crippen LogP contribution in [0.2, 0.25) is 0 Å². The van der Waals surface area contributed by atoms with Crippen molar-refractivity contribution in [3.8, 4) is 0 Å². The minimum Gasteiger partial charge on any atom is -0.292 e. The molecule has 0 radical (unpaired) electrons. The summed E-state index contributed by atoms with van der Waals surface area (Å²) in [5.74, 6) is 0. The monoisotopic (exact) mass is 260 g/mol. The molecule has 94 valence electrons. The fraction of sp³-hybridized carbons (Fsp3) is 0.538. The van der Waals surface area contributed by atoms with Gasteiger partial charge in [0.05, 0.1) is 18.3 Å². The van der Waals surface area contributed by atoms with Gasteiger partial charge in [0.2, 0.25) is 0 Å². The Hall–Kier alpha value is -1.20. The average Bonchev–Trinajstić information content (AvgIpc) is 2.98. The van der Waals surface area contributed by atoms with E-state index < -0.39 is 0 Å². The molecule has 0 saturated carbocycles. The van der Waals surface area contributed by atoms with E-state index >= 15 is 0 Å². The number of hydrogen-bond acceptors (Lipinski definition) is 4. The highest BCUT2D eigenvalue weighted by Gasteiger charge is 2.29. The molecular weight excluding hydrogens is 244 g/mol. The third-order valence-corrected chi connectivity index (χ3v) is 4.98. The van der Waals surface area contributed by atoms with Crippen LogP contribution in [0, 0.1) is 0 Å². The van der Waals surface area contributed by atoms with Crippen LogP contribution in [0.15, 0.2) is 18.5 Å². The molecule has 0 spiro atoms. The predicted molar refractivity (Wildman–Crippen MR) is 70.7 cm³/mol. The Morgan fingerprint density at radius 1 is 1.33 bits per heavy atom. The second-order valence-electron chi connectivity index (χ2n) is 5.17. The Labute approximate surface area is 110 Å². The van der Waals surface area contributed by atoms with Gasteiger partial charge in [-0.05, 0) is 25.3 Å². The lowest BCUT2D eigenvalue weighted by Gasteiger charge is -2.38. The summed E-state index contributed by atoms with van der Waals surface area (Å²) in [6.45, 7) is 3.23. The van der Waals surface area contributed by atoms with Crippen molar-refractivity contribution < 1.29 is 0 Å². The summed E-state index contributed by atoms with van der Waals surface area (Å²) in [6, 6.07) is 2.56. The van der Waals surface area contributed by atoms with Crippen molar-refractivity contribution in [1.29, 1.82) is 0 Å². The standard InChI is InChI=1S/C13H16N4S/c1-3-11-12(4-1)18-13(15-11)9-16-7-10(8-16)17-6-2-5-14-17/h2,5-6,10H,1,3-4,7-9H2. The Morgan fingerprint density at radius 3 is 3.06 bits per heavy atom. The largest absolute Gasteiger partial charge is 0.292 e. The Morgan fingerprint density at radius 2 is 2.28 bits per heavy atom.